The minimum Gasteiger partial charge on any atom is -0.455 e. The van der Waals surface area contributed by atoms with Gasteiger partial charge in [0.25, 0.3) is 0 Å². The highest BCUT2D eigenvalue weighted by Gasteiger charge is 2.47. The van der Waals surface area contributed by atoms with E-state index in [0.717, 1.165) is 88.6 Å². The van der Waals surface area contributed by atoms with Crippen molar-refractivity contribution in [3.05, 3.63) is 271 Å². The second-order valence-corrected chi connectivity index (χ2v) is 17.9. The van der Waals surface area contributed by atoms with Gasteiger partial charge in [0.2, 0.25) is 0 Å². The molecule has 3 nitrogen and oxygen atoms in total. The van der Waals surface area contributed by atoms with E-state index in [0.29, 0.717) is 0 Å². The third kappa shape index (κ3) is 5.60. The molecule has 0 spiro atoms. The van der Waals surface area contributed by atoms with Crippen LogP contribution in [0.3, 0.4) is 0 Å². The van der Waals surface area contributed by atoms with E-state index < -0.39 is 5.41 Å². The van der Waals surface area contributed by atoms with Crippen molar-refractivity contribution >= 4 is 71.7 Å². The molecule has 2 aromatic heterocycles. The third-order valence-corrected chi connectivity index (χ3v) is 14.3. The second kappa shape index (κ2) is 15.1. The van der Waals surface area contributed by atoms with E-state index in [1.54, 1.807) is 0 Å². The Hall–Kier alpha value is -8.92. The summed E-state index contributed by atoms with van der Waals surface area (Å²) >= 11 is 0. The highest BCUT2D eigenvalue weighted by Crippen LogP contribution is 2.60. The summed E-state index contributed by atoms with van der Waals surface area (Å²) in [5.41, 5.74) is 17.8. The number of nitrogens with zero attached hydrogens (tertiary/aromatic N) is 1. The van der Waals surface area contributed by atoms with Gasteiger partial charge in [0, 0.05) is 49.5 Å². The van der Waals surface area contributed by atoms with Crippen molar-refractivity contribution in [3.63, 3.8) is 0 Å². The Bertz CT molecular complexity index is 4050. The quantitative estimate of drug-likeness (QED) is 0.160. The van der Waals surface area contributed by atoms with Gasteiger partial charge in [-0.05, 0) is 86.6 Å². The SMILES string of the molecule is c1ccc(C2(c3ccccc3)c3ccccc3-c3c(N(c4ccc(-c5cccc6c5oc5ccccc56)cc4)c4ccccc4-c4cccc5c4oc4cc6ccccc6cc45)cccc32)cc1. The highest BCUT2D eigenvalue weighted by atomic mass is 16.3. The average molecular weight is 868 g/mol. The topological polar surface area (TPSA) is 29.5 Å². The number of benzene rings is 11. The minimum atomic E-state index is -0.561. The van der Waals surface area contributed by atoms with Crippen molar-refractivity contribution in [2.75, 3.05) is 4.90 Å². The van der Waals surface area contributed by atoms with Gasteiger partial charge in [-0.15, -0.1) is 0 Å². The predicted molar refractivity (Wildman–Crippen MR) is 281 cm³/mol. The fraction of sp³-hybridized carbons (Fsp3) is 0.0154. The van der Waals surface area contributed by atoms with Crippen molar-refractivity contribution in [2.45, 2.75) is 5.41 Å². The molecule has 0 N–H and O–H groups in total. The molecule has 0 saturated heterocycles. The van der Waals surface area contributed by atoms with Crippen molar-refractivity contribution in [1.29, 1.82) is 0 Å². The molecule has 3 heteroatoms. The van der Waals surface area contributed by atoms with Gasteiger partial charge >= 0.3 is 0 Å². The summed E-state index contributed by atoms with van der Waals surface area (Å²) in [5, 5.41) is 6.80. The summed E-state index contributed by atoms with van der Waals surface area (Å²) in [4.78, 5) is 2.47. The number of furan rings is 2. The summed E-state index contributed by atoms with van der Waals surface area (Å²) in [6, 6.07) is 90.0. The van der Waals surface area contributed by atoms with Gasteiger partial charge in [0.15, 0.2) is 0 Å². The van der Waals surface area contributed by atoms with Crippen molar-refractivity contribution in [2.24, 2.45) is 0 Å². The van der Waals surface area contributed by atoms with Crippen LogP contribution < -0.4 is 4.90 Å². The fourth-order valence-corrected chi connectivity index (χ4v) is 11.4. The Labute approximate surface area is 393 Å². The molecule has 0 bridgehead atoms. The number of fused-ring (bicyclic) bond motifs is 10. The molecular weight excluding hydrogens is 827 g/mol. The van der Waals surface area contributed by atoms with Crippen LogP contribution in [0, 0.1) is 0 Å². The van der Waals surface area contributed by atoms with E-state index in [9.17, 15) is 0 Å². The number of para-hydroxylation sites is 4. The summed E-state index contributed by atoms with van der Waals surface area (Å²) in [6.07, 6.45) is 0. The van der Waals surface area contributed by atoms with E-state index in [1.165, 1.54) is 38.8 Å². The normalized spacial score (nSPS) is 12.8. The molecule has 0 aliphatic heterocycles. The Morgan fingerprint density at radius 3 is 1.63 bits per heavy atom. The van der Waals surface area contributed by atoms with Crippen LogP contribution >= 0.6 is 0 Å². The first-order chi connectivity index (χ1) is 33.7. The van der Waals surface area contributed by atoms with Crippen LogP contribution in [0.2, 0.25) is 0 Å². The Kier molecular flexibility index (Phi) is 8.50. The molecule has 2 heterocycles. The van der Waals surface area contributed by atoms with Gasteiger partial charge < -0.3 is 13.7 Å². The summed E-state index contributed by atoms with van der Waals surface area (Å²) in [6.45, 7) is 0. The first-order valence-electron chi connectivity index (χ1n) is 23.3. The molecule has 0 fully saturated rings. The van der Waals surface area contributed by atoms with Crippen LogP contribution in [0.5, 0.6) is 0 Å². The van der Waals surface area contributed by atoms with Gasteiger partial charge in [0.1, 0.15) is 22.3 Å². The van der Waals surface area contributed by atoms with Crippen LogP contribution in [-0.2, 0) is 5.41 Å². The molecule has 0 radical (unpaired) electrons. The van der Waals surface area contributed by atoms with E-state index in [4.69, 9.17) is 8.83 Å². The summed E-state index contributed by atoms with van der Waals surface area (Å²) in [7, 11) is 0. The third-order valence-electron chi connectivity index (χ3n) is 14.3. The highest BCUT2D eigenvalue weighted by molar-refractivity contribution is 6.14. The van der Waals surface area contributed by atoms with Crippen LogP contribution in [0.1, 0.15) is 22.3 Å². The maximum atomic E-state index is 6.93. The van der Waals surface area contributed by atoms with Crippen LogP contribution in [-0.4, -0.2) is 0 Å². The molecule has 318 valence electrons. The summed E-state index contributed by atoms with van der Waals surface area (Å²) in [5.74, 6) is 0. The average Bonchev–Trinajstić information content (AvgIpc) is 4.07. The van der Waals surface area contributed by atoms with Crippen molar-refractivity contribution in [1.82, 2.24) is 0 Å². The molecule has 13 aromatic rings. The number of hydrogen-bond donors (Lipinski definition) is 0. The maximum absolute atomic E-state index is 6.93. The standard InChI is InChI=1S/C65H41NO2/c1-3-20-45(21-4-1)65(46-22-5-2-6-23-46)56-31-12-9-26-54(56)62-57(65)32-17-34-59(62)66(47-38-36-42(37-39-47)48-27-15-29-52-50-25-11-14-35-60(50)67-63(48)52)58-33-13-10-24-49(58)51-28-16-30-53-55-40-43-18-7-8-19-44(43)41-61(55)68-64(51)53/h1-41H. The van der Waals surface area contributed by atoms with E-state index >= 15 is 0 Å². The molecule has 68 heavy (non-hydrogen) atoms. The predicted octanol–water partition coefficient (Wildman–Crippen LogP) is 17.8. The molecule has 14 rings (SSSR count). The van der Waals surface area contributed by atoms with E-state index in [2.05, 4.69) is 241 Å². The monoisotopic (exact) mass is 867 g/mol. The van der Waals surface area contributed by atoms with Gasteiger partial charge in [-0.3, -0.25) is 0 Å². The molecule has 1 aliphatic rings. The lowest BCUT2D eigenvalue weighted by Gasteiger charge is -2.34. The van der Waals surface area contributed by atoms with Crippen LogP contribution in [0.4, 0.5) is 17.1 Å². The first-order valence-corrected chi connectivity index (χ1v) is 23.3. The minimum absolute atomic E-state index is 0.561. The van der Waals surface area contributed by atoms with Gasteiger partial charge in [-0.25, -0.2) is 0 Å². The lowest BCUT2D eigenvalue weighted by molar-refractivity contribution is 0.670. The van der Waals surface area contributed by atoms with Gasteiger partial charge in [0.05, 0.1) is 16.8 Å². The van der Waals surface area contributed by atoms with Gasteiger partial charge in [-0.1, -0.05) is 206 Å². The maximum Gasteiger partial charge on any atom is 0.143 e. The molecule has 0 saturated carbocycles. The zero-order chi connectivity index (χ0) is 44.8. The second-order valence-electron chi connectivity index (χ2n) is 17.9. The number of anilines is 3. The van der Waals surface area contributed by atoms with Crippen molar-refractivity contribution < 1.29 is 8.83 Å². The van der Waals surface area contributed by atoms with E-state index in [-0.39, 0.29) is 0 Å². The van der Waals surface area contributed by atoms with Crippen LogP contribution in [0.25, 0.3) is 88.0 Å². The van der Waals surface area contributed by atoms with Crippen molar-refractivity contribution in [3.8, 4) is 33.4 Å². The Morgan fingerprint density at radius 2 is 0.853 bits per heavy atom. The molecule has 0 amide bonds. The van der Waals surface area contributed by atoms with Crippen LogP contribution in [0.15, 0.2) is 258 Å². The molecule has 1 aliphatic carbocycles. The summed E-state index contributed by atoms with van der Waals surface area (Å²) < 4.78 is 13.5. The molecule has 0 unspecified atom stereocenters. The Morgan fingerprint density at radius 1 is 0.324 bits per heavy atom. The number of hydrogen-bond acceptors (Lipinski definition) is 3. The zero-order valence-electron chi connectivity index (χ0n) is 36.9. The first kappa shape index (κ1) is 38.4. The smallest absolute Gasteiger partial charge is 0.143 e. The molecule has 11 aromatic carbocycles. The largest absolute Gasteiger partial charge is 0.455 e. The fourth-order valence-electron chi connectivity index (χ4n) is 11.4. The Balaban J connectivity index is 1.03. The number of rotatable bonds is 7. The molecular formula is C65H41NO2. The zero-order valence-corrected chi connectivity index (χ0v) is 36.9. The lowest BCUT2D eigenvalue weighted by atomic mass is 9.68. The molecule has 0 atom stereocenters. The van der Waals surface area contributed by atoms with Gasteiger partial charge in [-0.2, -0.15) is 0 Å². The van der Waals surface area contributed by atoms with E-state index in [1.807, 2.05) is 12.1 Å². The lowest BCUT2D eigenvalue weighted by Crippen LogP contribution is -2.28.